The molecule has 1 unspecified atom stereocenters. The lowest BCUT2D eigenvalue weighted by molar-refractivity contribution is 0.0353. The Balaban J connectivity index is 1.54. The molecule has 0 radical (unpaired) electrons. The van der Waals surface area contributed by atoms with Gasteiger partial charge < -0.3 is 15.2 Å². The Morgan fingerprint density at radius 1 is 1.29 bits per heavy atom. The quantitative estimate of drug-likeness (QED) is 0.730. The summed E-state index contributed by atoms with van der Waals surface area (Å²) >= 11 is 0. The molecular formula is C21H24FN3O3. The van der Waals surface area contributed by atoms with Crippen molar-refractivity contribution < 1.29 is 19.0 Å². The van der Waals surface area contributed by atoms with E-state index < -0.39 is 11.5 Å². The predicted octanol–water partition coefficient (Wildman–Crippen LogP) is 2.96. The number of carbonyl (C=O) groups is 1. The first-order valence-corrected chi connectivity index (χ1v) is 9.69. The number of aliphatic hydroxyl groups is 1. The number of ether oxygens (including phenoxy) is 1. The van der Waals surface area contributed by atoms with E-state index in [1.807, 2.05) is 0 Å². The van der Waals surface area contributed by atoms with E-state index in [1.165, 1.54) is 18.3 Å². The Morgan fingerprint density at radius 2 is 2.00 bits per heavy atom. The lowest BCUT2D eigenvalue weighted by Crippen LogP contribution is -2.42. The maximum Gasteiger partial charge on any atom is 0.271 e. The Morgan fingerprint density at radius 3 is 2.64 bits per heavy atom. The number of benzene rings is 1. The van der Waals surface area contributed by atoms with Crippen molar-refractivity contribution in [1.29, 1.82) is 0 Å². The summed E-state index contributed by atoms with van der Waals surface area (Å²) < 4.78 is 19.1. The van der Waals surface area contributed by atoms with Crippen LogP contribution in [0, 0.1) is 17.7 Å². The van der Waals surface area contributed by atoms with Crippen molar-refractivity contribution >= 4 is 5.91 Å². The minimum Gasteiger partial charge on any atom is -0.476 e. The Kier molecular flexibility index (Phi) is 5.02. The van der Waals surface area contributed by atoms with E-state index in [-0.39, 0.29) is 24.0 Å². The first-order chi connectivity index (χ1) is 13.4. The van der Waals surface area contributed by atoms with Crippen LogP contribution in [-0.2, 0) is 0 Å². The zero-order valence-electron chi connectivity index (χ0n) is 15.8. The van der Waals surface area contributed by atoms with Crippen molar-refractivity contribution in [3.63, 3.8) is 0 Å². The highest BCUT2D eigenvalue weighted by Crippen LogP contribution is 2.39. The molecule has 1 aromatic carbocycles. The molecule has 2 aliphatic carbocycles. The van der Waals surface area contributed by atoms with Crippen LogP contribution in [0.2, 0.25) is 0 Å². The third-order valence-corrected chi connectivity index (χ3v) is 5.31. The van der Waals surface area contributed by atoms with Gasteiger partial charge in [-0.25, -0.2) is 14.4 Å². The Hall–Kier alpha value is -2.54. The summed E-state index contributed by atoms with van der Waals surface area (Å²) in [6.07, 6.45) is 5.60. The molecule has 1 atom stereocenters. The minimum atomic E-state index is -0.920. The third-order valence-electron chi connectivity index (χ3n) is 5.31. The van der Waals surface area contributed by atoms with E-state index in [4.69, 9.17) is 4.74 Å². The van der Waals surface area contributed by atoms with Crippen LogP contribution in [0.1, 0.15) is 43.1 Å². The number of rotatable bonds is 8. The molecule has 148 valence electrons. The molecule has 0 spiro atoms. The maximum absolute atomic E-state index is 13.3. The summed E-state index contributed by atoms with van der Waals surface area (Å²) in [6.45, 7) is 2.44. The van der Waals surface area contributed by atoms with Gasteiger partial charge in [0.05, 0.1) is 18.4 Å². The lowest BCUT2D eigenvalue weighted by Gasteiger charge is -2.23. The molecular weight excluding hydrogens is 361 g/mol. The number of nitrogens with one attached hydrogen (secondary N) is 1. The number of hydrogen-bond donors (Lipinski definition) is 2. The van der Waals surface area contributed by atoms with Crippen molar-refractivity contribution in [2.45, 2.75) is 38.2 Å². The first kappa shape index (κ1) is 18.8. The van der Waals surface area contributed by atoms with Gasteiger partial charge in [-0.3, -0.25) is 4.79 Å². The van der Waals surface area contributed by atoms with E-state index in [0.717, 1.165) is 25.7 Å². The fraction of sp³-hybridized carbons (Fsp3) is 0.476. The SMILES string of the molecule is CC(O)(CNC(=O)c1cnc(OCC2CC2)c(-c2ccc(F)cc2)n1)C1CC1. The van der Waals surface area contributed by atoms with Crippen molar-refractivity contribution in [2.24, 2.45) is 11.8 Å². The van der Waals surface area contributed by atoms with Crippen LogP contribution < -0.4 is 10.1 Å². The molecule has 7 heteroatoms. The van der Waals surface area contributed by atoms with E-state index in [2.05, 4.69) is 15.3 Å². The summed E-state index contributed by atoms with van der Waals surface area (Å²) in [7, 11) is 0. The molecule has 1 amide bonds. The molecule has 2 saturated carbocycles. The minimum absolute atomic E-state index is 0.129. The lowest BCUT2D eigenvalue weighted by atomic mass is 10.0. The molecule has 0 aliphatic heterocycles. The third kappa shape index (κ3) is 4.47. The summed E-state index contributed by atoms with van der Waals surface area (Å²) in [5, 5.41) is 13.1. The van der Waals surface area contributed by atoms with Crippen molar-refractivity contribution in [3.8, 4) is 17.1 Å². The number of amides is 1. The number of nitrogens with zero attached hydrogens (tertiary/aromatic N) is 2. The van der Waals surface area contributed by atoms with E-state index in [0.29, 0.717) is 29.7 Å². The maximum atomic E-state index is 13.3. The Labute approximate surface area is 163 Å². The second-order valence-electron chi connectivity index (χ2n) is 7.98. The predicted molar refractivity (Wildman–Crippen MR) is 101 cm³/mol. The van der Waals surface area contributed by atoms with E-state index in [1.54, 1.807) is 19.1 Å². The van der Waals surface area contributed by atoms with Gasteiger partial charge in [0.2, 0.25) is 5.88 Å². The van der Waals surface area contributed by atoms with Crippen LogP contribution in [0.5, 0.6) is 5.88 Å². The molecule has 2 aliphatic rings. The van der Waals surface area contributed by atoms with Gasteiger partial charge in [-0.15, -0.1) is 0 Å². The van der Waals surface area contributed by atoms with Gasteiger partial charge in [0.25, 0.3) is 5.91 Å². The van der Waals surface area contributed by atoms with Crippen molar-refractivity contribution in [3.05, 3.63) is 42.0 Å². The molecule has 1 aromatic heterocycles. The fourth-order valence-electron chi connectivity index (χ4n) is 3.07. The molecule has 2 aromatic rings. The van der Waals surface area contributed by atoms with Gasteiger partial charge >= 0.3 is 0 Å². The van der Waals surface area contributed by atoms with E-state index in [9.17, 15) is 14.3 Å². The van der Waals surface area contributed by atoms with E-state index >= 15 is 0 Å². The van der Waals surface area contributed by atoms with Gasteiger partial charge in [0, 0.05) is 12.1 Å². The van der Waals surface area contributed by atoms with Crippen molar-refractivity contribution in [2.75, 3.05) is 13.2 Å². The monoisotopic (exact) mass is 385 g/mol. The van der Waals surface area contributed by atoms with Crippen LogP contribution >= 0.6 is 0 Å². The molecule has 0 bridgehead atoms. The molecule has 2 N–H and O–H groups in total. The molecule has 6 nitrogen and oxygen atoms in total. The number of carbonyl (C=O) groups excluding carboxylic acids is 1. The van der Waals surface area contributed by atoms with Crippen LogP contribution in [0.15, 0.2) is 30.5 Å². The highest BCUT2D eigenvalue weighted by atomic mass is 19.1. The fourth-order valence-corrected chi connectivity index (χ4v) is 3.07. The average molecular weight is 385 g/mol. The van der Waals surface area contributed by atoms with Gasteiger partial charge in [-0.05, 0) is 68.7 Å². The number of aromatic nitrogens is 2. The van der Waals surface area contributed by atoms with Gasteiger partial charge in [0.1, 0.15) is 17.2 Å². The number of halogens is 1. The zero-order valence-corrected chi connectivity index (χ0v) is 15.8. The normalized spacial score (nSPS) is 18.4. The molecule has 0 saturated heterocycles. The highest BCUT2D eigenvalue weighted by Gasteiger charge is 2.40. The van der Waals surface area contributed by atoms with Gasteiger partial charge in [-0.2, -0.15) is 0 Å². The highest BCUT2D eigenvalue weighted by molar-refractivity contribution is 5.92. The summed E-state index contributed by atoms with van der Waals surface area (Å²) in [5.74, 6) is 0.335. The molecule has 1 heterocycles. The summed E-state index contributed by atoms with van der Waals surface area (Å²) in [6, 6.07) is 5.84. The smallest absolute Gasteiger partial charge is 0.271 e. The van der Waals surface area contributed by atoms with Crippen LogP contribution in [0.3, 0.4) is 0 Å². The second kappa shape index (κ2) is 7.47. The topological polar surface area (TPSA) is 84.3 Å². The van der Waals surface area contributed by atoms with Crippen LogP contribution in [0.25, 0.3) is 11.3 Å². The van der Waals surface area contributed by atoms with Crippen molar-refractivity contribution in [1.82, 2.24) is 15.3 Å². The van der Waals surface area contributed by atoms with Crippen LogP contribution in [0.4, 0.5) is 4.39 Å². The summed E-state index contributed by atoms with van der Waals surface area (Å²) in [5.41, 5.74) is 0.238. The molecule has 28 heavy (non-hydrogen) atoms. The summed E-state index contributed by atoms with van der Waals surface area (Å²) in [4.78, 5) is 21.3. The average Bonchev–Trinajstić information content (AvgIpc) is 3.57. The van der Waals surface area contributed by atoms with Gasteiger partial charge in [0.15, 0.2) is 0 Å². The number of hydrogen-bond acceptors (Lipinski definition) is 5. The second-order valence-corrected chi connectivity index (χ2v) is 7.98. The molecule has 2 fully saturated rings. The largest absolute Gasteiger partial charge is 0.476 e. The van der Waals surface area contributed by atoms with Gasteiger partial charge in [-0.1, -0.05) is 0 Å². The van der Waals surface area contributed by atoms with Crippen LogP contribution in [-0.4, -0.2) is 39.7 Å². The first-order valence-electron chi connectivity index (χ1n) is 9.69. The zero-order chi connectivity index (χ0) is 19.7. The standard InChI is InChI=1S/C21H24FN3O3/c1-21(27,15-6-7-15)12-24-19(26)17-10-23-20(28-11-13-2-3-13)18(25-17)14-4-8-16(22)9-5-14/h4-5,8-10,13,15,27H,2-3,6-7,11-12H2,1H3,(H,24,26). The molecule has 4 rings (SSSR count). The Bertz CT molecular complexity index is 862.